The van der Waals surface area contributed by atoms with Crippen LogP contribution in [0.15, 0.2) is 21.5 Å². The zero-order valence-electron chi connectivity index (χ0n) is 12.5. The molecular formula is C16H22BrNO2S. The lowest BCUT2D eigenvalue weighted by atomic mass is 9.93. The molecule has 21 heavy (non-hydrogen) atoms. The standard InChI is InChI=1S/C16H22BrNO2S/c1-10-8-15(11(2)7-12(10)17)21-9-16(20)18-13-5-3-4-6-14(13)19/h7-8,13-14,19H,3-6,9H2,1-2H3,(H,18,20)/t13-,14-/m0/s1. The van der Waals surface area contributed by atoms with Crippen molar-refractivity contribution >= 4 is 33.6 Å². The van der Waals surface area contributed by atoms with E-state index in [1.807, 2.05) is 6.92 Å². The second kappa shape index (κ2) is 7.65. The van der Waals surface area contributed by atoms with Gasteiger partial charge in [-0.1, -0.05) is 28.8 Å². The fourth-order valence-electron chi connectivity index (χ4n) is 2.58. The van der Waals surface area contributed by atoms with Crippen LogP contribution in [-0.2, 0) is 4.79 Å². The highest BCUT2D eigenvalue weighted by Gasteiger charge is 2.24. The number of amides is 1. The predicted octanol–water partition coefficient (Wildman–Crippen LogP) is 3.58. The van der Waals surface area contributed by atoms with Gasteiger partial charge < -0.3 is 10.4 Å². The number of hydrogen-bond donors (Lipinski definition) is 2. The molecule has 2 atom stereocenters. The first-order chi connectivity index (χ1) is 9.97. The van der Waals surface area contributed by atoms with Crippen molar-refractivity contribution in [3.8, 4) is 0 Å². The van der Waals surface area contributed by atoms with Gasteiger partial charge in [-0.2, -0.15) is 0 Å². The molecule has 1 aliphatic carbocycles. The van der Waals surface area contributed by atoms with Crippen molar-refractivity contribution in [2.45, 2.75) is 56.6 Å². The number of thioether (sulfide) groups is 1. The summed E-state index contributed by atoms with van der Waals surface area (Å²) < 4.78 is 1.10. The SMILES string of the molecule is Cc1cc(SCC(=O)N[C@H]2CCCC[C@@H]2O)c(C)cc1Br. The van der Waals surface area contributed by atoms with Crippen molar-refractivity contribution in [1.29, 1.82) is 0 Å². The van der Waals surface area contributed by atoms with Gasteiger partial charge in [-0.15, -0.1) is 11.8 Å². The summed E-state index contributed by atoms with van der Waals surface area (Å²) in [5.41, 5.74) is 2.34. The number of nitrogens with one attached hydrogen (secondary N) is 1. The molecule has 0 bridgehead atoms. The molecule has 5 heteroatoms. The molecule has 1 fully saturated rings. The maximum absolute atomic E-state index is 12.0. The van der Waals surface area contributed by atoms with Crippen molar-refractivity contribution in [1.82, 2.24) is 5.32 Å². The minimum absolute atomic E-state index is 0.00548. The van der Waals surface area contributed by atoms with Gasteiger partial charge in [0.15, 0.2) is 0 Å². The van der Waals surface area contributed by atoms with Gasteiger partial charge in [0.05, 0.1) is 17.9 Å². The van der Waals surface area contributed by atoms with Gasteiger partial charge >= 0.3 is 0 Å². The van der Waals surface area contributed by atoms with Crippen LogP contribution in [0.4, 0.5) is 0 Å². The van der Waals surface area contributed by atoms with E-state index >= 15 is 0 Å². The smallest absolute Gasteiger partial charge is 0.230 e. The maximum atomic E-state index is 12.0. The summed E-state index contributed by atoms with van der Waals surface area (Å²) in [4.78, 5) is 13.2. The summed E-state index contributed by atoms with van der Waals surface area (Å²) >= 11 is 5.07. The molecule has 0 aromatic heterocycles. The first-order valence-electron chi connectivity index (χ1n) is 7.34. The van der Waals surface area contributed by atoms with Crippen LogP contribution in [0.5, 0.6) is 0 Å². The topological polar surface area (TPSA) is 49.3 Å². The van der Waals surface area contributed by atoms with Crippen LogP contribution in [0.1, 0.15) is 36.8 Å². The molecule has 3 nitrogen and oxygen atoms in total. The predicted molar refractivity (Wildman–Crippen MR) is 90.7 cm³/mol. The largest absolute Gasteiger partial charge is 0.391 e. The summed E-state index contributed by atoms with van der Waals surface area (Å²) in [6, 6.07) is 4.12. The van der Waals surface area contributed by atoms with Crippen molar-refractivity contribution in [2.75, 3.05) is 5.75 Å². The molecule has 0 saturated heterocycles. The molecule has 1 aromatic rings. The maximum Gasteiger partial charge on any atom is 0.230 e. The summed E-state index contributed by atoms with van der Waals surface area (Å²) in [5.74, 6) is 0.399. The highest BCUT2D eigenvalue weighted by molar-refractivity contribution is 9.10. The molecule has 2 N–H and O–H groups in total. The van der Waals surface area contributed by atoms with Crippen LogP contribution in [0.2, 0.25) is 0 Å². The Hall–Kier alpha value is -0.520. The number of carbonyl (C=O) groups excluding carboxylic acids is 1. The first-order valence-corrected chi connectivity index (χ1v) is 9.12. The highest BCUT2D eigenvalue weighted by atomic mass is 79.9. The Bertz CT molecular complexity index is 521. The lowest BCUT2D eigenvalue weighted by molar-refractivity contribution is -0.120. The van der Waals surface area contributed by atoms with Crippen LogP contribution in [0.3, 0.4) is 0 Å². The third-order valence-electron chi connectivity index (χ3n) is 3.89. The molecule has 0 radical (unpaired) electrons. The quantitative estimate of drug-likeness (QED) is 0.795. The number of benzene rings is 1. The summed E-state index contributed by atoms with van der Waals surface area (Å²) in [6.45, 7) is 4.10. The second-order valence-corrected chi connectivity index (χ2v) is 7.55. The Morgan fingerprint density at radius 1 is 1.33 bits per heavy atom. The third kappa shape index (κ3) is 4.73. The molecule has 1 amide bonds. The summed E-state index contributed by atoms with van der Waals surface area (Å²) in [7, 11) is 0. The molecule has 0 spiro atoms. The van der Waals surface area contributed by atoms with E-state index in [-0.39, 0.29) is 18.1 Å². The monoisotopic (exact) mass is 371 g/mol. The number of aliphatic hydroxyl groups is 1. The first kappa shape index (κ1) is 16.8. The number of hydrogen-bond acceptors (Lipinski definition) is 3. The molecule has 0 unspecified atom stereocenters. The lowest BCUT2D eigenvalue weighted by Crippen LogP contribution is -2.45. The molecule has 2 rings (SSSR count). The van der Waals surface area contributed by atoms with Gasteiger partial charge in [-0.3, -0.25) is 4.79 Å². The van der Waals surface area contributed by atoms with Crippen molar-refractivity contribution in [3.63, 3.8) is 0 Å². The fourth-order valence-corrected chi connectivity index (χ4v) is 3.96. The normalized spacial score (nSPS) is 22.1. The van der Waals surface area contributed by atoms with Crippen LogP contribution in [0.25, 0.3) is 0 Å². The second-order valence-electron chi connectivity index (χ2n) is 5.68. The molecule has 1 aromatic carbocycles. The van der Waals surface area contributed by atoms with Gasteiger partial charge in [0.1, 0.15) is 0 Å². The molecule has 0 aliphatic heterocycles. The average molecular weight is 372 g/mol. The van der Waals surface area contributed by atoms with E-state index < -0.39 is 0 Å². The average Bonchev–Trinajstić information content (AvgIpc) is 2.44. The van der Waals surface area contributed by atoms with Crippen LogP contribution >= 0.6 is 27.7 Å². The van der Waals surface area contributed by atoms with Gasteiger partial charge in [-0.05, 0) is 49.9 Å². The van der Waals surface area contributed by atoms with E-state index in [0.717, 1.165) is 35.1 Å². The number of aliphatic hydroxyl groups excluding tert-OH is 1. The Morgan fingerprint density at radius 3 is 2.76 bits per heavy atom. The van der Waals surface area contributed by atoms with E-state index in [0.29, 0.717) is 5.75 Å². The minimum Gasteiger partial charge on any atom is -0.391 e. The Labute approximate surface area is 139 Å². The van der Waals surface area contributed by atoms with Crippen molar-refractivity contribution in [3.05, 3.63) is 27.7 Å². The Morgan fingerprint density at radius 2 is 2.05 bits per heavy atom. The van der Waals surface area contributed by atoms with Crippen LogP contribution in [-0.4, -0.2) is 28.9 Å². The van der Waals surface area contributed by atoms with Crippen molar-refractivity contribution < 1.29 is 9.90 Å². The number of aryl methyl sites for hydroxylation is 2. The molecular weight excluding hydrogens is 350 g/mol. The van der Waals surface area contributed by atoms with Crippen LogP contribution in [0, 0.1) is 13.8 Å². The van der Waals surface area contributed by atoms with Gasteiger partial charge in [0.2, 0.25) is 5.91 Å². The fraction of sp³-hybridized carbons (Fsp3) is 0.562. The molecule has 0 heterocycles. The van der Waals surface area contributed by atoms with Gasteiger partial charge in [0.25, 0.3) is 0 Å². The van der Waals surface area contributed by atoms with E-state index in [1.165, 1.54) is 11.1 Å². The number of halogens is 1. The van der Waals surface area contributed by atoms with Crippen LogP contribution < -0.4 is 5.32 Å². The summed E-state index contributed by atoms with van der Waals surface area (Å²) in [6.07, 6.45) is 3.43. The van der Waals surface area contributed by atoms with E-state index in [1.54, 1.807) is 11.8 Å². The molecule has 1 aliphatic rings. The molecule has 1 saturated carbocycles. The summed E-state index contributed by atoms with van der Waals surface area (Å²) in [5, 5.41) is 12.9. The van der Waals surface area contributed by atoms with E-state index in [9.17, 15) is 9.90 Å². The lowest BCUT2D eigenvalue weighted by Gasteiger charge is -2.28. The minimum atomic E-state index is -0.385. The number of carbonyl (C=O) groups is 1. The van der Waals surface area contributed by atoms with E-state index in [2.05, 4.69) is 40.3 Å². The Kier molecular flexibility index (Phi) is 6.14. The Balaban J connectivity index is 1.88. The van der Waals surface area contributed by atoms with Gasteiger partial charge in [0, 0.05) is 9.37 Å². The third-order valence-corrected chi connectivity index (χ3v) is 5.90. The van der Waals surface area contributed by atoms with Gasteiger partial charge in [-0.25, -0.2) is 0 Å². The zero-order valence-corrected chi connectivity index (χ0v) is 14.9. The number of rotatable bonds is 4. The van der Waals surface area contributed by atoms with E-state index in [4.69, 9.17) is 0 Å². The highest BCUT2D eigenvalue weighted by Crippen LogP contribution is 2.28. The zero-order chi connectivity index (χ0) is 15.4. The molecule has 116 valence electrons. The van der Waals surface area contributed by atoms with Crippen molar-refractivity contribution in [2.24, 2.45) is 0 Å².